The second-order valence-corrected chi connectivity index (χ2v) is 7.88. The van der Waals surface area contributed by atoms with Crippen molar-refractivity contribution in [3.8, 4) is 0 Å². The second-order valence-electron chi connectivity index (χ2n) is 5.94. The Balaban J connectivity index is 1.72. The van der Waals surface area contributed by atoms with Crippen LogP contribution in [0.5, 0.6) is 0 Å². The van der Waals surface area contributed by atoms with Crippen LogP contribution in [0.1, 0.15) is 25.7 Å². The summed E-state index contributed by atoms with van der Waals surface area (Å²) in [7, 11) is -3.67. The van der Waals surface area contributed by atoms with E-state index in [1.807, 2.05) is 0 Å². The van der Waals surface area contributed by atoms with Gasteiger partial charge in [-0.2, -0.15) is 4.31 Å². The van der Waals surface area contributed by atoms with Crippen molar-refractivity contribution in [1.82, 2.24) is 9.62 Å². The first-order chi connectivity index (χ1) is 10.5. The average Bonchev–Trinajstić information content (AvgIpc) is 3.32. The van der Waals surface area contributed by atoms with Crippen LogP contribution in [0.2, 0.25) is 0 Å². The van der Waals surface area contributed by atoms with Gasteiger partial charge in [0.2, 0.25) is 15.9 Å². The van der Waals surface area contributed by atoms with Crippen LogP contribution in [0.4, 0.5) is 4.39 Å². The van der Waals surface area contributed by atoms with Gasteiger partial charge in [0.15, 0.2) is 0 Å². The fourth-order valence-corrected chi connectivity index (χ4v) is 4.20. The Bertz CT molecular complexity index is 656. The highest BCUT2D eigenvalue weighted by Crippen LogP contribution is 2.25. The maximum absolute atomic E-state index is 13.0. The summed E-state index contributed by atoms with van der Waals surface area (Å²) in [6.07, 6.45) is 3.38. The molecule has 2 fully saturated rings. The maximum Gasteiger partial charge on any atom is 0.243 e. The summed E-state index contributed by atoms with van der Waals surface area (Å²) in [5.74, 6) is -0.828. The van der Waals surface area contributed by atoms with Crippen LogP contribution in [-0.4, -0.2) is 37.8 Å². The third-order valence-corrected chi connectivity index (χ3v) is 6.01. The average molecular weight is 326 g/mol. The van der Waals surface area contributed by atoms with E-state index in [9.17, 15) is 17.6 Å². The minimum atomic E-state index is -3.67. The van der Waals surface area contributed by atoms with Crippen molar-refractivity contribution in [2.75, 3.05) is 13.1 Å². The SMILES string of the molecule is O=C(NC1CC1)[C@H]1CCCN(S(=O)(=O)c2ccc(F)cc2)C1. The minimum absolute atomic E-state index is 0.0542. The molecule has 1 amide bonds. The van der Waals surface area contributed by atoms with Crippen molar-refractivity contribution in [1.29, 1.82) is 0 Å². The largest absolute Gasteiger partial charge is 0.353 e. The summed E-state index contributed by atoms with van der Waals surface area (Å²) in [6, 6.07) is 5.07. The maximum atomic E-state index is 13.0. The van der Waals surface area contributed by atoms with Crippen LogP contribution in [-0.2, 0) is 14.8 Å². The van der Waals surface area contributed by atoms with Gasteiger partial charge in [-0.3, -0.25) is 4.79 Å². The van der Waals surface area contributed by atoms with Gasteiger partial charge in [-0.25, -0.2) is 12.8 Å². The molecule has 1 heterocycles. The molecule has 1 aliphatic heterocycles. The molecule has 1 saturated heterocycles. The molecule has 0 aromatic heterocycles. The van der Waals surface area contributed by atoms with Crippen LogP contribution >= 0.6 is 0 Å². The molecule has 0 bridgehead atoms. The standard InChI is InChI=1S/C15H19FN2O3S/c16-12-3-7-14(8-4-12)22(20,21)18-9-1-2-11(10-18)15(19)17-13-5-6-13/h3-4,7-8,11,13H,1-2,5-6,9-10H2,(H,17,19)/t11-/m0/s1. The normalized spacial score (nSPS) is 23.2. The van der Waals surface area contributed by atoms with E-state index >= 15 is 0 Å². The van der Waals surface area contributed by atoms with E-state index in [1.165, 1.54) is 16.4 Å². The lowest BCUT2D eigenvalue weighted by Gasteiger charge is -2.31. The number of amides is 1. The third kappa shape index (κ3) is 3.30. The fourth-order valence-electron chi connectivity index (χ4n) is 2.68. The third-order valence-electron chi connectivity index (χ3n) is 4.13. The van der Waals surface area contributed by atoms with Crippen LogP contribution < -0.4 is 5.32 Å². The number of sulfonamides is 1. The van der Waals surface area contributed by atoms with Crippen molar-refractivity contribution in [3.63, 3.8) is 0 Å². The molecule has 1 aliphatic carbocycles. The summed E-state index contributed by atoms with van der Waals surface area (Å²) in [5, 5.41) is 2.93. The number of nitrogens with zero attached hydrogens (tertiary/aromatic N) is 1. The molecule has 7 heteroatoms. The van der Waals surface area contributed by atoms with Gasteiger partial charge < -0.3 is 5.32 Å². The lowest BCUT2D eigenvalue weighted by Crippen LogP contribution is -2.45. The zero-order valence-corrected chi connectivity index (χ0v) is 13.0. The Morgan fingerprint density at radius 3 is 2.50 bits per heavy atom. The van der Waals surface area contributed by atoms with Gasteiger partial charge in [-0.15, -0.1) is 0 Å². The number of rotatable bonds is 4. The molecular weight excluding hydrogens is 307 g/mol. The van der Waals surface area contributed by atoms with Crippen molar-refractivity contribution in [2.45, 2.75) is 36.6 Å². The van der Waals surface area contributed by atoms with Crippen LogP contribution in [0.25, 0.3) is 0 Å². The van der Waals surface area contributed by atoms with E-state index in [1.54, 1.807) is 0 Å². The van der Waals surface area contributed by atoms with Crippen LogP contribution in [0, 0.1) is 11.7 Å². The number of hydrogen-bond acceptors (Lipinski definition) is 3. The molecule has 1 aromatic rings. The van der Waals surface area contributed by atoms with Crippen LogP contribution in [0.3, 0.4) is 0 Å². The molecule has 1 atom stereocenters. The van der Waals surface area contributed by atoms with E-state index in [0.717, 1.165) is 25.0 Å². The molecule has 1 saturated carbocycles. The smallest absolute Gasteiger partial charge is 0.243 e. The number of carbonyl (C=O) groups excluding carboxylic acids is 1. The number of benzene rings is 1. The first kappa shape index (κ1) is 15.4. The molecule has 2 aliphatic rings. The molecule has 1 N–H and O–H groups in total. The molecular formula is C15H19FN2O3S. The summed E-state index contributed by atoms with van der Waals surface area (Å²) in [4.78, 5) is 12.2. The topological polar surface area (TPSA) is 66.5 Å². The van der Waals surface area contributed by atoms with Crippen molar-refractivity contribution in [2.24, 2.45) is 5.92 Å². The number of nitrogens with one attached hydrogen (secondary N) is 1. The Labute approximate surface area is 129 Å². The minimum Gasteiger partial charge on any atom is -0.353 e. The zero-order chi connectivity index (χ0) is 15.7. The van der Waals surface area contributed by atoms with E-state index in [-0.39, 0.29) is 29.3 Å². The predicted octanol–water partition coefficient (Wildman–Crippen LogP) is 1.50. The lowest BCUT2D eigenvalue weighted by molar-refractivity contribution is -0.126. The van der Waals surface area contributed by atoms with Crippen LogP contribution in [0.15, 0.2) is 29.2 Å². The Morgan fingerprint density at radius 1 is 1.18 bits per heavy atom. The van der Waals surface area contributed by atoms with Crippen molar-refractivity contribution in [3.05, 3.63) is 30.1 Å². The number of piperidine rings is 1. The van der Waals surface area contributed by atoms with E-state index in [0.29, 0.717) is 19.4 Å². The fraction of sp³-hybridized carbons (Fsp3) is 0.533. The predicted molar refractivity (Wildman–Crippen MR) is 79.0 cm³/mol. The van der Waals surface area contributed by atoms with Gasteiger partial charge in [0.25, 0.3) is 0 Å². The molecule has 3 rings (SSSR count). The summed E-state index contributed by atoms with van der Waals surface area (Å²) < 4.78 is 39.4. The first-order valence-corrected chi connectivity index (χ1v) is 8.97. The van der Waals surface area contributed by atoms with Gasteiger partial charge in [0.1, 0.15) is 5.82 Å². The van der Waals surface area contributed by atoms with E-state index in [4.69, 9.17) is 0 Å². The Hall–Kier alpha value is -1.47. The highest BCUT2D eigenvalue weighted by Gasteiger charge is 2.35. The van der Waals surface area contributed by atoms with Gasteiger partial charge in [-0.05, 0) is 49.9 Å². The molecule has 1 aromatic carbocycles. The van der Waals surface area contributed by atoms with Crippen molar-refractivity contribution < 1.29 is 17.6 Å². The first-order valence-electron chi connectivity index (χ1n) is 7.53. The Kier molecular flexibility index (Phi) is 4.18. The quantitative estimate of drug-likeness (QED) is 0.912. The summed E-state index contributed by atoms with van der Waals surface area (Å²) in [5.41, 5.74) is 0. The molecule has 0 unspecified atom stereocenters. The summed E-state index contributed by atoms with van der Waals surface area (Å²) in [6.45, 7) is 0.588. The van der Waals surface area contributed by atoms with Gasteiger partial charge >= 0.3 is 0 Å². The zero-order valence-electron chi connectivity index (χ0n) is 12.2. The molecule has 0 radical (unpaired) electrons. The highest BCUT2D eigenvalue weighted by molar-refractivity contribution is 7.89. The summed E-state index contributed by atoms with van der Waals surface area (Å²) >= 11 is 0. The Morgan fingerprint density at radius 2 is 1.86 bits per heavy atom. The number of hydrogen-bond donors (Lipinski definition) is 1. The van der Waals surface area contributed by atoms with Gasteiger partial charge in [-0.1, -0.05) is 0 Å². The number of carbonyl (C=O) groups is 1. The van der Waals surface area contributed by atoms with E-state index < -0.39 is 15.8 Å². The molecule has 22 heavy (non-hydrogen) atoms. The monoisotopic (exact) mass is 326 g/mol. The second kappa shape index (κ2) is 5.96. The molecule has 0 spiro atoms. The van der Waals surface area contributed by atoms with Gasteiger partial charge in [0, 0.05) is 19.1 Å². The lowest BCUT2D eigenvalue weighted by atomic mass is 9.99. The number of halogens is 1. The molecule has 120 valence electrons. The van der Waals surface area contributed by atoms with Crippen molar-refractivity contribution >= 4 is 15.9 Å². The molecule has 5 nitrogen and oxygen atoms in total. The van der Waals surface area contributed by atoms with E-state index in [2.05, 4.69) is 5.32 Å². The van der Waals surface area contributed by atoms with Gasteiger partial charge in [0.05, 0.1) is 10.8 Å². The highest BCUT2D eigenvalue weighted by atomic mass is 32.2.